The molecule has 1 aliphatic carbocycles. The van der Waals surface area contributed by atoms with E-state index in [0.29, 0.717) is 18.8 Å². The summed E-state index contributed by atoms with van der Waals surface area (Å²) in [6, 6.07) is -0.0830. The summed E-state index contributed by atoms with van der Waals surface area (Å²) in [6.07, 6.45) is 4.47. The highest BCUT2D eigenvalue weighted by Gasteiger charge is 2.53. The Kier molecular flexibility index (Phi) is 4.76. The minimum atomic E-state index is -0.685. The van der Waals surface area contributed by atoms with E-state index in [1.165, 1.54) is 6.33 Å². The van der Waals surface area contributed by atoms with Gasteiger partial charge in [0, 0.05) is 5.56 Å². The maximum Gasteiger partial charge on any atom is 0.163 e. The van der Waals surface area contributed by atoms with Gasteiger partial charge >= 0.3 is 0 Å². The van der Waals surface area contributed by atoms with Crippen LogP contribution in [0.25, 0.3) is 6.08 Å². The number of ether oxygens (including phenoxy) is 3. The van der Waals surface area contributed by atoms with Crippen molar-refractivity contribution in [1.29, 1.82) is 0 Å². The first-order valence-electron chi connectivity index (χ1n) is 8.31. The number of hydrogen-bond acceptors (Lipinski definition) is 7. The highest BCUT2D eigenvalue weighted by atomic mass is 16.8. The first-order chi connectivity index (χ1) is 11.4. The van der Waals surface area contributed by atoms with Crippen LogP contribution in [0.4, 0.5) is 5.82 Å². The Morgan fingerprint density at radius 3 is 2.88 bits per heavy atom. The fourth-order valence-corrected chi connectivity index (χ4v) is 3.28. The number of hydrogen-bond donors (Lipinski definition) is 2. The number of rotatable bonds is 5. The highest BCUT2D eigenvalue weighted by Crippen LogP contribution is 2.39. The average Bonchev–Trinajstić information content (AvgIpc) is 2.97. The molecule has 0 radical (unpaired) electrons. The van der Waals surface area contributed by atoms with Crippen LogP contribution in [0.15, 0.2) is 12.6 Å². The molecular weight excluding hydrogens is 310 g/mol. The van der Waals surface area contributed by atoms with Crippen molar-refractivity contribution >= 4 is 11.9 Å². The first kappa shape index (κ1) is 17.1. The molecule has 1 saturated heterocycles. The highest BCUT2D eigenvalue weighted by molar-refractivity contribution is 5.64. The van der Waals surface area contributed by atoms with Crippen molar-refractivity contribution in [3.63, 3.8) is 0 Å². The zero-order valence-electron chi connectivity index (χ0n) is 14.5. The molecule has 2 N–H and O–H groups in total. The predicted octanol–water partition coefficient (Wildman–Crippen LogP) is 1.86. The van der Waals surface area contributed by atoms with Gasteiger partial charge in [-0.05, 0) is 40.2 Å². The summed E-state index contributed by atoms with van der Waals surface area (Å²) >= 11 is 0. The Balaban J connectivity index is 1.80. The molecule has 132 valence electrons. The van der Waals surface area contributed by atoms with Crippen LogP contribution in [0.5, 0.6) is 0 Å². The maximum absolute atomic E-state index is 10.3. The predicted molar refractivity (Wildman–Crippen MR) is 89.3 cm³/mol. The number of aromatic nitrogens is 2. The number of aliphatic hydroxyl groups is 1. The SMILES string of the molecule is CCO/C=C\c1c(C)ncnc1N[C@@H]1C[C@H](O)[C@H]2OC(C)(C)O[C@H]21. The van der Waals surface area contributed by atoms with Crippen LogP contribution in [0, 0.1) is 6.92 Å². The third kappa shape index (κ3) is 3.38. The Morgan fingerprint density at radius 2 is 2.12 bits per heavy atom. The van der Waals surface area contributed by atoms with Gasteiger partial charge in [0.05, 0.1) is 30.7 Å². The fraction of sp³-hybridized carbons (Fsp3) is 0.647. The van der Waals surface area contributed by atoms with Crippen molar-refractivity contribution in [3.8, 4) is 0 Å². The van der Waals surface area contributed by atoms with Crippen molar-refractivity contribution in [2.24, 2.45) is 0 Å². The van der Waals surface area contributed by atoms with Gasteiger partial charge in [-0.3, -0.25) is 0 Å². The summed E-state index contributed by atoms with van der Waals surface area (Å²) in [5, 5.41) is 13.7. The number of aliphatic hydroxyl groups excluding tert-OH is 1. The molecule has 0 bridgehead atoms. The van der Waals surface area contributed by atoms with Gasteiger partial charge in [0.1, 0.15) is 24.4 Å². The topological polar surface area (TPSA) is 85.7 Å². The summed E-state index contributed by atoms with van der Waals surface area (Å²) in [6.45, 7) is 8.17. The second-order valence-corrected chi connectivity index (χ2v) is 6.60. The van der Waals surface area contributed by atoms with Crippen molar-refractivity contribution in [2.45, 2.75) is 64.3 Å². The number of nitrogens with zero attached hydrogens (tertiary/aromatic N) is 2. The molecule has 1 aromatic heterocycles. The molecule has 0 amide bonds. The van der Waals surface area contributed by atoms with E-state index < -0.39 is 11.9 Å². The van der Waals surface area contributed by atoms with Crippen molar-refractivity contribution in [3.05, 3.63) is 23.8 Å². The molecule has 2 aliphatic rings. The molecule has 4 atom stereocenters. The zero-order chi connectivity index (χ0) is 17.3. The van der Waals surface area contributed by atoms with Crippen LogP contribution >= 0.6 is 0 Å². The Morgan fingerprint density at radius 1 is 1.38 bits per heavy atom. The molecule has 7 nitrogen and oxygen atoms in total. The molecule has 1 saturated carbocycles. The summed E-state index contributed by atoms with van der Waals surface area (Å²) < 4.78 is 17.1. The van der Waals surface area contributed by atoms with Gasteiger partial charge in [0.25, 0.3) is 0 Å². The smallest absolute Gasteiger partial charge is 0.163 e. The van der Waals surface area contributed by atoms with E-state index in [1.54, 1.807) is 6.26 Å². The largest absolute Gasteiger partial charge is 0.501 e. The van der Waals surface area contributed by atoms with Gasteiger partial charge in [0.15, 0.2) is 5.79 Å². The quantitative estimate of drug-likeness (QED) is 0.794. The zero-order valence-corrected chi connectivity index (χ0v) is 14.5. The molecule has 1 aliphatic heterocycles. The van der Waals surface area contributed by atoms with Crippen molar-refractivity contribution < 1.29 is 19.3 Å². The monoisotopic (exact) mass is 335 g/mol. The lowest BCUT2D eigenvalue weighted by molar-refractivity contribution is -0.162. The Labute approximate surface area is 142 Å². The minimum absolute atomic E-state index is 0.0830. The van der Waals surface area contributed by atoms with E-state index in [4.69, 9.17) is 14.2 Å². The summed E-state index contributed by atoms with van der Waals surface area (Å²) in [7, 11) is 0. The molecular formula is C17H25N3O4. The average molecular weight is 335 g/mol. The normalized spacial score (nSPS) is 31.4. The summed E-state index contributed by atoms with van der Waals surface area (Å²) in [5.74, 6) is 0.0141. The number of fused-ring (bicyclic) bond motifs is 1. The van der Waals surface area contributed by atoms with E-state index in [-0.39, 0.29) is 18.2 Å². The Bertz CT molecular complexity index is 620. The molecule has 2 fully saturated rings. The van der Waals surface area contributed by atoms with Crippen LogP contribution in [0.1, 0.15) is 38.4 Å². The van der Waals surface area contributed by atoms with Crippen LogP contribution in [0.2, 0.25) is 0 Å². The molecule has 0 unspecified atom stereocenters. The van der Waals surface area contributed by atoms with Gasteiger partial charge in [-0.1, -0.05) is 0 Å². The third-order valence-electron chi connectivity index (χ3n) is 4.34. The second-order valence-electron chi connectivity index (χ2n) is 6.60. The van der Waals surface area contributed by atoms with E-state index in [9.17, 15) is 5.11 Å². The van der Waals surface area contributed by atoms with Gasteiger partial charge in [0.2, 0.25) is 0 Å². The van der Waals surface area contributed by atoms with E-state index in [1.807, 2.05) is 33.8 Å². The standard InChI is InChI=1S/C17H25N3O4/c1-5-22-7-6-11-10(2)18-9-19-16(11)20-12-8-13(21)15-14(12)23-17(3,4)24-15/h6-7,9,12-15,21H,5,8H2,1-4H3,(H,18,19,20)/b7-6-/t12-,13+,14+,15-/m1/s1. The molecule has 3 rings (SSSR count). The maximum atomic E-state index is 10.3. The van der Waals surface area contributed by atoms with Gasteiger partial charge in [-0.25, -0.2) is 9.97 Å². The van der Waals surface area contributed by atoms with E-state index in [2.05, 4.69) is 15.3 Å². The van der Waals surface area contributed by atoms with Crippen LogP contribution in [0.3, 0.4) is 0 Å². The number of nitrogens with one attached hydrogen (secondary N) is 1. The lowest BCUT2D eigenvalue weighted by Gasteiger charge is -2.24. The third-order valence-corrected chi connectivity index (χ3v) is 4.34. The minimum Gasteiger partial charge on any atom is -0.501 e. The molecule has 0 spiro atoms. The lowest BCUT2D eigenvalue weighted by Crippen LogP contribution is -2.35. The van der Waals surface area contributed by atoms with Crippen molar-refractivity contribution in [1.82, 2.24) is 9.97 Å². The number of anilines is 1. The second kappa shape index (κ2) is 6.66. The molecule has 0 aromatic carbocycles. The van der Waals surface area contributed by atoms with Gasteiger partial charge < -0.3 is 24.6 Å². The first-order valence-corrected chi connectivity index (χ1v) is 8.31. The molecule has 1 aromatic rings. The van der Waals surface area contributed by atoms with Crippen LogP contribution in [-0.4, -0.2) is 51.8 Å². The van der Waals surface area contributed by atoms with Crippen LogP contribution < -0.4 is 5.32 Å². The molecule has 24 heavy (non-hydrogen) atoms. The van der Waals surface area contributed by atoms with E-state index >= 15 is 0 Å². The lowest BCUT2D eigenvalue weighted by atomic mass is 10.1. The fourth-order valence-electron chi connectivity index (χ4n) is 3.28. The van der Waals surface area contributed by atoms with Crippen LogP contribution in [-0.2, 0) is 14.2 Å². The van der Waals surface area contributed by atoms with E-state index in [0.717, 1.165) is 11.3 Å². The molecule has 2 heterocycles. The summed E-state index contributed by atoms with van der Waals surface area (Å²) in [5.41, 5.74) is 1.71. The van der Waals surface area contributed by atoms with Crippen molar-refractivity contribution in [2.75, 3.05) is 11.9 Å². The Hall–Kier alpha value is -1.70. The van der Waals surface area contributed by atoms with Gasteiger partial charge in [-0.15, -0.1) is 0 Å². The number of aryl methyl sites for hydroxylation is 1. The summed E-state index contributed by atoms with van der Waals surface area (Å²) in [4.78, 5) is 8.58. The molecule has 7 heteroatoms. The van der Waals surface area contributed by atoms with Gasteiger partial charge in [-0.2, -0.15) is 0 Å².